The van der Waals surface area contributed by atoms with Crippen molar-refractivity contribution in [2.75, 3.05) is 13.1 Å². The Labute approximate surface area is 94.6 Å². The SMILES string of the molecule is CC(C)CNCC(C)CC1C=CC=CC1. The first kappa shape index (κ1) is 12.5. The van der Waals surface area contributed by atoms with Gasteiger partial charge in [0.05, 0.1) is 0 Å². The van der Waals surface area contributed by atoms with Crippen LogP contribution in [0, 0.1) is 17.8 Å². The maximum atomic E-state index is 3.53. The Balaban J connectivity index is 2.10. The van der Waals surface area contributed by atoms with Gasteiger partial charge in [0.1, 0.15) is 0 Å². The number of nitrogens with one attached hydrogen (secondary N) is 1. The first-order valence-electron chi connectivity index (χ1n) is 6.22. The third-order valence-corrected chi connectivity index (χ3v) is 2.82. The van der Waals surface area contributed by atoms with E-state index in [1.54, 1.807) is 0 Å². The minimum atomic E-state index is 0.759. The molecule has 0 aromatic carbocycles. The maximum absolute atomic E-state index is 3.53. The van der Waals surface area contributed by atoms with Crippen molar-refractivity contribution in [1.29, 1.82) is 0 Å². The monoisotopic (exact) mass is 207 g/mol. The molecule has 2 unspecified atom stereocenters. The summed E-state index contributed by atoms with van der Waals surface area (Å²) >= 11 is 0. The summed E-state index contributed by atoms with van der Waals surface area (Å²) in [4.78, 5) is 0. The van der Waals surface area contributed by atoms with Gasteiger partial charge in [-0.3, -0.25) is 0 Å². The standard InChI is InChI=1S/C14H25N/c1-12(2)10-15-11-13(3)9-14-7-5-4-6-8-14/h4-7,12-15H,8-11H2,1-3H3. The highest BCUT2D eigenvalue weighted by Crippen LogP contribution is 2.20. The van der Waals surface area contributed by atoms with Gasteiger partial charge in [-0.15, -0.1) is 0 Å². The molecule has 0 radical (unpaired) electrons. The summed E-state index contributed by atoms with van der Waals surface area (Å²) in [5.74, 6) is 2.31. The van der Waals surface area contributed by atoms with E-state index in [1.165, 1.54) is 12.8 Å². The average molecular weight is 207 g/mol. The Morgan fingerprint density at radius 2 is 2.00 bits per heavy atom. The van der Waals surface area contributed by atoms with Crippen molar-refractivity contribution in [3.05, 3.63) is 24.3 Å². The molecule has 0 amide bonds. The molecule has 15 heavy (non-hydrogen) atoms. The van der Waals surface area contributed by atoms with E-state index in [0.717, 1.165) is 30.8 Å². The van der Waals surface area contributed by atoms with Crippen molar-refractivity contribution in [3.63, 3.8) is 0 Å². The van der Waals surface area contributed by atoms with Crippen LogP contribution in [-0.4, -0.2) is 13.1 Å². The van der Waals surface area contributed by atoms with E-state index in [4.69, 9.17) is 0 Å². The molecular formula is C14H25N. The lowest BCUT2D eigenvalue weighted by Gasteiger charge is -2.19. The van der Waals surface area contributed by atoms with Crippen LogP contribution in [-0.2, 0) is 0 Å². The number of hydrogen-bond donors (Lipinski definition) is 1. The number of rotatable bonds is 6. The van der Waals surface area contributed by atoms with Crippen LogP contribution in [0.2, 0.25) is 0 Å². The molecule has 0 aromatic heterocycles. The summed E-state index contributed by atoms with van der Waals surface area (Å²) in [6.07, 6.45) is 11.5. The topological polar surface area (TPSA) is 12.0 Å². The smallest absolute Gasteiger partial charge is 0.00228 e. The van der Waals surface area contributed by atoms with E-state index >= 15 is 0 Å². The van der Waals surface area contributed by atoms with Crippen LogP contribution in [0.1, 0.15) is 33.6 Å². The zero-order valence-electron chi connectivity index (χ0n) is 10.4. The van der Waals surface area contributed by atoms with Gasteiger partial charge in [-0.2, -0.15) is 0 Å². The first-order chi connectivity index (χ1) is 7.18. The Hall–Kier alpha value is -0.560. The van der Waals surface area contributed by atoms with Crippen molar-refractivity contribution < 1.29 is 0 Å². The predicted molar refractivity (Wildman–Crippen MR) is 67.9 cm³/mol. The van der Waals surface area contributed by atoms with E-state index in [-0.39, 0.29) is 0 Å². The lowest BCUT2D eigenvalue weighted by molar-refractivity contribution is 0.407. The van der Waals surface area contributed by atoms with Gasteiger partial charge in [-0.1, -0.05) is 45.1 Å². The van der Waals surface area contributed by atoms with Crippen LogP contribution in [0.25, 0.3) is 0 Å². The third-order valence-electron chi connectivity index (χ3n) is 2.82. The summed E-state index contributed by atoms with van der Waals surface area (Å²) in [6, 6.07) is 0. The molecular weight excluding hydrogens is 182 g/mol. The predicted octanol–water partition coefficient (Wildman–Crippen LogP) is 3.39. The molecule has 0 bridgehead atoms. The van der Waals surface area contributed by atoms with Crippen LogP contribution in [0.4, 0.5) is 0 Å². The van der Waals surface area contributed by atoms with E-state index in [0.29, 0.717) is 0 Å². The molecule has 1 nitrogen and oxygen atoms in total. The van der Waals surface area contributed by atoms with Gasteiger partial charge in [0.15, 0.2) is 0 Å². The quantitative estimate of drug-likeness (QED) is 0.704. The fourth-order valence-corrected chi connectivity index (χ4v) is 2.03. The molecule has 0 heterocycles. The molecule has 1 aliphatic carbocycles. The second-order valence-corrected chi connectivity index (χ2v) is 5.20. The fraction of sp³-hybridized carbons (Fsp3) is 0.714. The second kappa shape index (κ2) is 6.84. The normalized spacial score (nSPS) is 22.3. The zero-order valence-corrected chi connectivity index (χ0v) is 10.4. The molecule has 1 rings (SSSR count). The van der Waals surface area contributed by atoms with Crippen molar-refractivity contribution in [1.82, 2.24) is 5.32 Å². The molecule has 1 heteroatoms. The summed E-state index contributed by atoms with van der Waals surface area (Å²) in [6.45, 7) is 9.16. The molecule has 0 spiro atoms. The first-order valence-corrected chi connectivity index (χ1v) is 6.22. The van der Waals surface area contributed by atoms with Gasteiger partial charge in [-0.05, 0) is 43.7 Å². The zero-order chi connectivity index (χ0) is 11.1. The molecule has 2 atom stereocenters. The van der Waals surface area contributed by atoms with E-state index < -0.39 is 0 Å². The summed E-state index contributed by atoms with van der Waals surface area (Å²) < 4.78 is 0. The van der Waals surface area contributed by atoms with E-state index in [2.05, 4.69) is 50.4 Å². The Kier molecular flexibility index (Phi) is 5.70. The lowest BCUT2D eigenvalue weighted by atomic mass is 9.90. The van der Waals surface area contributed by atoms with Crippen LogP contribution < -0.4 is 5.32 Å². The summed E-state index contributed by atoms with van der Waals surface area (Å²) in [7, 11) is 0. The van der Waals surface area contributed by atoms with Crippen LogP contribution >= 0.6 is 0 Å². The van der Waals surface area contributed by atoms with Crippen LogP contribution in [0.3, 0.4) is 0 Å². The van der Waals surface area contributed by atoms with Crippen LogP contribution in [0.15, 0.2) is 24.3 Å². The highest BCUT2D eigenvalue weighted by Gasteiger charge is 2.10. The Bertz CT molecular complexity index is 215. The van der Waals surface area contributed by atoms with Crippen LogP contribution in [0.5, 0.6) is 0 Å². The Morgan fingerprint density at radius 3 is 2.60 bits per heavy atom. The van der Waals surface area contributed by atoms with Crippen molar-refractivity contribution in [2.45, 2.75) is 33.6 Å². The van der Waals surface area contributed by atoms with E-state index in [9.17, 15) is 0 Å². The fourth-order valence-electron chi connectivity index (χ4n) is 2.03. The highest BCUT2D eigenvalue weighted by atomic mass is 14.9. The molecule has 0 aromatic rings. The molecule has 0 saturated carbocycles. The average Bonchev–Trinajstić information content (AvgIpc) is 2.18. The summed E-state index contributed by atoms with van der Waals surface area (Å²) in [5, 5.41) is 3.53. The maximum Gasteiger partial charge on any atom is -0.00228 e. The van der Waals surface area contributed by atoms with Gasteiger partial charge in [-0.25, -0.2) is 0 Å². The van der Waals surface area contributed by atoms with Gasteiger partial charge in [0.2, 0.25) is 0 Å². The molecule has 86 valence electrons. The largest absolute Gasteiger partial charge is 0.316 e. The molecule has 0 saturated heterocycles. The highest BCUT2D eigenvalue weighted by molar-refractivity contribution is 5.10. The molecule has 1 N–H and O–H groups in total. The van der Waals surface area contributed by atoms with Gasteiger partial charge in [0.25, 0.3) is 0 Å². The lowest BCUT2D eigenvalue weighted by Crippen LogP contribution is -2.26. The summed E-state index contributed by atoms with van der Waals surface area (Å²) in [5.41, 5.74) is 0. The Morgan fingerprint density at radius 1 is 1.20 bits per heavy atom. The third kappa shape index (κ3) is 5.78. The number of hydrogen-bond acceptors (Lipinski definition) is 1. The van der Waals surface area contributed by atoms with Crippen molar-refractivity contribution in [2.24, 2.45) is 17.8 Å². The van der Waals surface area contributed by atoms with Gasteiger partial charge >= 0.3 is 0 Å². The van der Waals surface area contributed by atoms with Crippen molar-refractivity contribution in [3.8, 4) is 0 Å². The second-order valence-electron chi connectivity index (χ2n) is 5.20. The van der Waals surface area contributed by atoms with Crippen molar-refractivity contribution >= 4 is 0 Å². The minimum Gasteiger partial charge on any atom is -0.316 e. The molecule has 0 aliphatic heterocycles. The molecule has 1 aliphatic rings. The molecule has 0 fully saturated rings. The van der Waals surface area contributed by atoms with Gasteiger partial charge in [0, 0.05) is 0 Å². The van der Waals surface area contributed by atoms with Gasteiger partial charge < -0.3 is 5.32 Å². The van der Waals surface area contributed by atoms with E-state index in [1.807, 2.05) is 0 Å². The number of allylic oxidation sites excluding steroid dienone is 4. The minimum absolute atomic E-state index is 0.759.